The number of amides is 1. The van der Waals surface area contributed by atoms with Crippen molar-refractivity contribution in [3.05, 3.63) is 59.3 Å². The molecule has 0 unspecified atom stereocenters. The second-order valence-electron chi connectivity index (χ2n) is 9.66. The molecule has 0 spiro atoms. The molecule has 2 aromatic rings. The van der Waals surface area contributed by atoms with Crippen molar-refractivity contribution in [2.24, 2.45) is 0 Å². The zero-order valence-corrected chi connectivity index (χ0v) is 18.0. The van der Waals surface area contributed by atoms with Gasteiger partial charge in [-0.05, 0) is 60.3 Å². The molecule has 1 N–H and O–H groups in total. The Hall–Kier alpha value is -2.36. The highest BCUT2D eigenvalue weighted by Crippen LogP contribution is 2.48. The van der Waals surface area contributed by atoms with Crippen LogP contribution in [0.15, 0.2) is 42.6 Å². The second-order valence-corrected chi connectivity index (χ2v) is 9.66. The van der Waals surface area contributed by atoms with Gasteiger partial charge in [-0.3, -0.25) is 4.79 Å². The average molecular weight is 392 g/mol. The first kappa shape index (κ1) is 19.9. The van der Waals surface area contributed by atoms with Crippen LogP contribution in [-0.2, 0) is 22.2 Å². The van der Waals surface area contributed by atoms with Gasteiger partial charge in [-0.25, -0.2) is 4.98 Å². The van der Waals surface area contributed by atoms with E-state index in [1.165, 1.54) is 24.8 Å². The molecule has 1 aromatic carbocycles. The van der Waals surface area contributed by atoms with Crippen LogP contribution in [0.25, 0.3) is 0 Å². The van der Waals surface area contributed by atoms with E-state index in [9.17, 15) is 4.79 Å². The van der Waals surface area contributed by atoms with Crippen molar-refractivity contribution < 1.29 is 4.79 Å². The third kappa shape index (κ3) is 4.31. The van der Waals surface area contributed by atoms with Crippen molar-refractivity contribution in [3.63, 3.8) is 0 Å². The summed E-state index contributed by atoms with van der Waals surface area (Å²) in [6.45, 7) is 9.37. The van der Waals surface area contributed by atoms with Crippen LogP contribution in [0, 0.1) is 0 Å². The number of nitrogens with one attached hydrogen (secondary N) is 1. The van der Waals surface area contributed by atoms with E-state index in [4.69, 9.17) is 0 Å². The number of carbonyl (C=O) groups excluding carboxylic acids is 1. The van der Waals surface area contributed by atoms with Crippen LogP contribution in [0.2, 0.25) is 0 Å². The van der Waals surface area contributed by atoms with Gasteiger partial charge >= 0.3 is 0 Å². The molecule has 0 bridgehead atoms. The van der Waals surface area contributed by atoms with Gasteiger partial charge in [0.2, 0.25) is 5.91 Å². The van der Waals surface area contributed by atoms with Crippen molar-refractivity contribution in [2.75, 3.05) is 18.0 Å². The minimum Gasteiger partial charge on any atom is -0.357 e. The van der Waals surface area contributed by atoms with Crippen molar-refractivity contribution in [1.82, 2.24) is 10.3 Å². The molecule has 0 radical (unpaired) electrons. The molecular weight excluding hydrogens is 358 g/mol. The van der Waals surface area contributed by atoms with E-state index in [-0.39, 0.29) is 16.7 Å². The summed E-state index contributed by atoms with van der Waals surface area (Å²) in [6.07, 6.45) is 7.58. The van der Waals surface area contributed by atoms with E-state index in [0.29, 0.717) is 6.54 Å². The summed E-state index contributed by atoms with van der Waals surface area (Å²) in [7, 11) is 0. The zero-order chi connectivity index (χ0) is 20.5. The Kier molecular flexibility index (Phi) is 5.37. The lowest BCUT2D eigenvalue weighted by Gasteiger charge is -2.27. The molecule has 4 rings (SSSR count). The van der Waals surface area contributed by atoms with E-state index in [1.54, 1.807) is 0 Å². The Balaban J connectivity index is 1.36. The summed E-state index contributed by atoms with van der Waals surface area (Å²) in [5, 5.41) is 3.15. The molecule has 2 aliphatic rings. The summed E-state index contributed by atoms with van der Waals surface area (Å²) in [4.78, 5) is 19.9. The standard InChI is InChI=1S/C25H33N3O/c1-24(2,3)20-8-10-21(11-9-20)25(13-14-25)23(29)27-18-19-7-12-22(26-17-19)28-15-5-4-6-16-28/h7-12,17H,4-6,13-16,18H2,1-3H3,(H,27,29). The van der Waals surface area contributed by atoms with Gasteiger partial charge in [0.05, 0.1) is 5.41 Å². The largest absolute Gasteiger partial charge is 0.357 e. The highest BCUT2D eigenvalue weighted by Gasteiger charge is 2.51. The number of hydrogen-bond acceptors (Lipinski definition) is 3. The maximum absolute atomic E-state index is 13.0. The Morgan fingerprint density at radius 2 is 1.72 bits per heavy atom. The summed E-state index contributed by atoms with van der Waals surface area (Å²) in [6, 6.07) is 12.8. The van der Waals surface area contributed by atoms with E-state index < -0.39 is 0 Å². The molecule has 1 saturated heterocycles. The molecule has 2 heterocycles. The van der Waals surface area contributed by atoms with Crippen LogP contribution in [-0.4, -0.2) is 24.0 Å². The van der Waals surface area contributed by atoms with E-state index in [0.717, 1.165) is 42.9 Å². The maximum atomic E-state index is 13.0. The molecule has 4 nitrogen and oxygen atoms in total. The van der Waals surface area contributed by atoms with Gasteiger partial charge in [-0.1, -0.05) is 51.1 Å². The van der Waals surface area contributed by atoms with Crippen LogP contribution in [0.3, 0.4) is 0 Å². The number of hydrogen-bond donors (Lipinski definition) is 1. The van der Waals surface area contributed by atoms with Crippen molar-refractivity contribution >= 4 is 11.7 Å². The topological polar surface area (TPSA) is 45.2 Å². The Labute approximate surface area is 174 Å². The quantitative estimate of drug-likeness (QED) is 0.802. The third-order valence-corrected chi connectivity index (χ3v) is 6.43. The molecule has 29 heavy (non-hydrogen) atoms. The molecule has 2 fully saturated rings. The smallest absolute Gasteiger partial charge is 0.230 e. The number of nitrogens with zero attached hydrogens (tertiary/aromatic N) is 2. The number of aromatic nitrogens is 1. The van der Waals surface area contributed by atoms with Crippen molar-refractivity contribution in [2.45, 2.75) is 70.3 Å². The Bertz CT molecular complexity index is 839. The molecule has 1 aromatic heterocycles. The SMILES string of the molecule is CC(C)(C)c1ccc(C2(C(=O)NCc3ccc(N4CCCCC4)nc3)CC2)cc1. The lowest BCUT2D eigenvalue weighted by Crippen LogP contribution is -2.34. The fourth-order valence-electron chi connectivity index (χ4n) is 4.24. The number of piperidine rings is 1. The second kappa shape index (κ2) is 7.81. The van der Waals surface area contributed by atoms with Crippen LogP contribution < -0.4 is 10.2 Å². The molecule has 1 saturated carbocycles. The van der Waals surface area contributed by atoms with Gasteiger partial charge < -0.3 is 10.2 Å². The van der Waals surface area contributed by atoms with Crippen molar-refractivity contribution in [1.29, 1.82) is 0 Å². The lowest BCUT2D eigenvalue weighted by molar-refractivity contribution is -0.123. The number of benzene rings is 1. The molecule has 4 heteroatoms. The summed E-state index contributed by atoms with van der Waals surface area (Å²) < 4.78 is 0. The first-order valence-electron chi connectivity index (χ1n) is 11.0. The molecular formula is C25H33N3O. The minimum atomic E-state index is -0.336. The number of anilines is 1. The molecule has 154 valence electrons. The maximum Gasteiger partial charge on any atom is 0.230 e. The average Bonchev–Trinajstić information content (AvgIpc) is 3.55. The first-order chi connectivity index (χ1) is 13.9. The van der Waals surface area contributed by atoms with Crippen molar-refractivity contribution in [3.8, 4) is 0 Å². The highest BCUT2D eigenvalue weighted by molar-refractivity contribution is 5.91. The molecule has 1 aliphatic carbocycles. The van der Waals surface area contributed by atoms with Crippen LogP contribution >= 0.6 is 0 Å². The van der Waals surface area contributed by atoms with Gasteiger partial charge in [-0.2, -0.15) is 0 Å². The van der Waals surface area contributed by atoms with Crippen LogP contribution in [0.1, 0.15) is 69.6 Å². The molecule has 1 amide bonds. The van der Waals surface area contributed by atoms with Gasteiger partial charge in [-0.15, -0.1) is 0 Å². The Morgan fingerprint density at radius 1 is 1.03 bits per heavy atom. The predicted molar refractivity (Wildman–Crippen MR) is 118 cm³/mol. The first-order valence-corrected chi connectivity index (χ1v) is 11.0. The predicted octanol–water partition coefficient (Wildman–Crippen LogP) is 4.72. The third-order valence-electron chi connectivity index (χ3n) is 6.43. The normalized spacial score (nSPS) is 18.4. The molecule has 0 atom stereocenters. The van der Waals surface area contributed by atoms with Crippen LogP contribution in [0.4, 0.5) is 5.82 Å². The van der Waals surface area contributed by atoms with Crippen LogP contribution in [0.5, 0.6) is 0 Å². The molecule has 1 aliphatic heterocycles. The lowest BCUT2D eigenvalue weighted by atomic mass is 9.85. The van der Waals surface area contributed by atoms with Gasteiger partial charge in [0, 0.05) is 25.8 Å². The summed E-state index contributed by atoms with van der Waals surface area (Å²) in [5.74, 6) is 1.19. The van der Waals surface area contributed by atoms with E-state index in [1.807, 2.05) is 6.20 Å². The zero-order valence-electron chi connectivity index (χ0n) is 18.0. The fourth-order valence-corrected chi connectivity index (χ4v) is 4.24. The van der Waals surface area contributed by atoms with Gasteiger partial charge in [0.1, 0.15) is 5.82 Å². The van der Waals surface area contributed by atoms with Gasteiger partial charge in [0.15, 0.2) is 0 Å². The summed E-state index contributed by atoms with van der Waals surface area (Å²) in [5.41, 5.74) is 3.29. The number of carbonyl (C=O) groups is 1. The number of rotatable bonds is 5. The monoisotopic (exact) mass is 391 g/mol. The van der Waals surface area contributed by atoms with E-state index >= 15 is 0 Å². The highest BCUT2D eigenvalue weighted by atomic mass is 16.2. The van der Waals surface area contributed by atoms with E-state index in [2.05, 4.69) is 72.4 Å². The van der Waals surface area contributed by atoms with Gasteiger partial charge in [0.25, 0.3) is 0 Å². The fraction of sp³-hybridized carbons (Fsp3) is 0.520. The Morgan fingerprint density at radius 3 is 2.28 bits per heavy atom. The summed E-state index contributed by atoms with van der Waals surface area (Å²) >= 11 is 0. The minimum absolute atomic E-state index is 0.130. The number of pyridine rings is 1.